The van der Waals surface area contributed by atoms with Gasteiger partial charge in [-0.25, -0.2) is 0 Å². The van der Waals surface area contributed by atoms with Crippen molar-refractivity contribution in [1.29, 1.82) is 0 Å². The van der Waals surface area contributed by atoms with Crippen LogP contribution in [0.5, 0.6) is 11.5 Å². The maximum absolute atomic E-state index is 5.99. The van der Waals surface area contributed by atoms with Crippen molar-refractivity contribution in [3.8, 4) is 11.5 Å². The second-order valence-electron chi connectivity index (χ2n) is 7.34. The van der Waals surface area contributed by atoms with E-state index in [0.29, 0.717) is 19.8 Å². The Morgan fingerprint density at radius 2 is 1.61 bits per heavy atom. The van der Waals surface area contributed by atoms with Gasteiger partial charge in [0.2, 0.25) is 0 Å². The van der Waals surface area contributed by atoms with E-state index in [0.717, 1.165) is 54.1 Å². The number of oxime groups is 1. The van der Waals surface area contributed by atoms with Gasteiger partial charge in [0, 0.05) is 19.6 Å². The highest BCUT2D eigenvalue weighted by molar-refractivity contribution is 5.79. The standard InChI is InChI=1S/C26H35NO4/c1-5-6-16-30-25-18-21(2)26(22(3)19-25)31-17-8-15-29-14-7-9-23-10-12-24(13-11-23)20-27-28-4/h5-6,10-13,18-20H,7-9,14-17H2,1-4H3/b6-5+,27-20?. The number of aryl methyl sites for hydroxylation is 3. The second kappa shape index (κ2) is 14.3. The minimum Gasteiger partial charge on any atom is -0.493 e. The van der Waals surface area contributed by atoms with Crippen LogP contribution in [0.25, 0.3) is 0 Å². The Morgan fingerprint density at radius 1 is 0.903 bits per heavy atom. The summed E-state index contributed by atoms with van der Waals surface area (Å²) in [6.07, 6.45) is 8.54. The first-order valence-corrected chi connectivity index (χ1v) is 10.8. The summed E-state index contributed by atoms with van der Waals surface area (Å²) in [5, 5.41) is 3.77. The summed E-state index contributed by atoms with van der Waals surface area (Å²) in [6, 6.07) is 12.4. The Hall–Kier alpha value is -2.79. The highest BCUT2D eigenvalue weighted by Crippen LogP contribution is 2.28. The fourth-order valence-corrected chi connectivity index (χ4v) is 3.16. The first kappa shape index (κ1) is 24.5. The van der Waals surface area contributed by atoms with Gasteiger partial charge in [-0.15, -0.1) is 0 Å². The molecule has 0 aliphatic heterocycles. The maximum atomic E-state index is 5.99. The Labute approximate surface area is 186 Å². The first-order valence-electron chi connectivity index (χ1n) is 10.8. The van der Waals surface area contributed by atoms with Crippen molar-refractivity contribution in [1.82, 2.24) is 0 Å². The molecule has 0 heterocycles. The lowest BCUT2D eigenvalue weighted by Gasteiger charge is -2.14. The first-order chi connectivity index (χ1) is 15.1. The Balaban J connectivity index is 1.60. The SMILES string of the molecule is C/C=C/COc1cc(C)c(OCCCOCCCc2ccc(C=NOC)cc2)c(C)c1. The van der Waals surface area contributed by atoms with Crippen LogP contribution in [0.1, 0.15) is 42.0 Å². The number of hydrogen-bond donors (Lipinski definition) is 0. The summed E-state index contributed by atoms with van der Waals surface area (Å²) in [7, 11) is 1.54. The zero-order valence-electron chi connectivity index (χ0n) is 19.2. The van der Waals surface area contributed by atoms with E-state index >= 15 is 0 Å². The van der Waals surface area contributed by atoms with Crippen LogP contribution in [0.2, 0.25) is 0 Å². The van der Waals surface area contributed by atoms with Gasteiger partial charge >= 0.3 is 0 Å². The molecule has 168 valence electrons. The highest BCUT2D eigenvalue weighted by atomic mass is 16.6. The Morgan fingerprint density at radius 3 is 2.29 bits per heavy atom. The number of allylic oxidation sites excluding steroid dienone is 1. The molecular weight excluding hydrogens is 390 g/mol. The molecule has 2 rings (SSSR count). The van der Waals surface area contributed by atoms with Crippen molar-refractivity contribution >= 4 is 6.21 Å². The summed E-state index contributed by atoms with van der Waals surface area (Å²) in [4.78, 5) is 4.69. The van der Waals surface area contributed by atoms with Crippen LogP contribution in [0.3, 0.4) is 0 Å². The lowest BCUT2D eigenvalue weighted by molar-refractivity contribution is 0.117. The van der Waals surface area contributed by atoms with Crippen LogP contribution in [-0.4, -0.2) is 39.8 Å². The third-order valence-electron chi connectivity index (χ3n) is 4.74. The average Bonchev–Trinajstić information content (AvgIpc) is 2.76. The lowest BCUT2D eigenvalue weighted by Crippen LogP contribution is -2.06. The van der Waals surface area contributed by atoms with E-state index < -0.39 is 0 Å². The summed E-state index contributed by atoms with van der Waals surface area (Å²) >= 11 is 0. The molecular formula is C26H35NO4. The minimum atomic E-state index is 0.585. The van der Waals surface area contributed by atoms with Crippen LogP contribution in [0.15, 0.2) is 53.7 Å². The number of ether oxygens (including phenoxy) is 3. The Kier molecular flexibility index (Phi) is 11.3. The van der Waals surface area contributed by atoms with E-state index in [1.165, 1.54) is 5.56 Å². The Bertz CT molecular complexity index is 805. The van der Waals surface area contributed by atoms with Crippen LogP contribution in [0.4, 0.5) is 0 Å². The normalized spacial score (nSPS) is 11.4. The predicted octanol–water partition coefficient (Wildman–Crippen LogP) is 5.66. The van der Waals surface area contributed by atoms with Crippen molar-refractivity contribution in [2.24, 2.45) is 5.16 Å². The minimum absolute atomic E-state index is 0.585. The van der Waals surface area contributed by atoms with E-state index in [2.05, 4.69) is 31.1 Å². The molecule has 0 saturated heterocycles. The molecule has 2 aromatic rings. The zero-order valence-corrected chi connectivity index (χ0v) is 19.2. The molecule has 0 aliphatic carbocycles. The third-order valence-corrected chi connectivity index (χ3v) is 4.74. The number of rotatable bonds is 14. The van der Waals surface area contributed by atoms with Crippen molar-refractivity contribution < 1.29 is 19.0 Å². The average molecular weight is 426 g/mol. The molecule has 0 unspecified atom stereocenters. The second-order valence-corrected chi connectivity index (χ2v) is 7.34. The summed E-state index contributed by atoms with van der Waals surface area (Å²) < 4.78 is 17.5. The molecule has 0 aromatic heterocycles. The number of benzene rings is 2. The quantitative estimate of drug-likeness (QED) is 0.170. The van der Waals surface area contributed by atoms with Crippen molar-refractivity contribution in [2.75, 3.05) is 33.5 Å². The van der Waals surface area contributed by atoms with Crippen LogP contribution in [0, 0.1) is 13.8 Å². The zero-order chi connectivity index (χ0) is 22.3. The van der Waals surface area contributed by atoms with Gasteiger partial charge < -0.3 is 19.0 Å². The van der Waals surface area contributed by atoms with Crippen LogP contribution >= 0.6 is 0 Å². The lowest BCUT2D eigenvalue weighted by atomic mass is 10.1. The fourth-order valence-electron chi connectivity index (χ4n) is 3.16. The van der Waals surface area contributed by atoms with Gasteiger partial charge in [-0.3, -0.25) is 0 Å². The molecule has 0 saturated carbocycles. The van der Waals surface area contributed by atoms with Gasteiger partial charge in [0.25, 0.3) is 0 Å². The van der Waals surface area contributed by atoms with Gasteiger partial charge in [0.1, 0.15) is 25.2 Å². The van der Waals surface area contributed by atoms with Gasteiger partial charge in [0.15, 0.2) is 0 Å². The maximum Gasteiger partial charge on any atom is 0.125 e. The van der Waals surface area contributed by atoms with Gasteiger partial charge in [0.05, 0.1) is 12.8 Å². The highest BCUT2D eigenvalue weighted by Gasteiger charge is 2.07. The largest absolute Gasteiger partial charge is 0.493 e. The molecule has 2 aromatic carbocycles. The molecule has 0 amide bonds. The fraction of sp³-hybridized carbons (Fsp3) is 0.423. The van der Waals surface area contributed by atoms with E-state index in [-0.39, 0.29) is 0 Å². The van der Waals surface area contributed by atoms with E-state index in [1.807, 2.05) is 43.3 Å². The van der Waals surface area contributed by atoms with Crippen LogP contribution in [-0.2, 0) is 16.0 Å². The van der Waals surface area contributed by atoms with Gasteiger partial charge in [-0.05, 0) is 68.0 Å². The topological polar surface area (TPSA) is 49.3 Å². The van der Waals surface area contributed by atoms with E-state index in [4.69, 9.17) is 19.0 Å². The smallest absolute Gasteiger partial charge is 0.125 e. The molecule has 31 heavy (non-hydrogen) atoms. The molecule has 0 atom stereocenters. The molecule has 0 radical (unpaired) electrons. The van der Waals surface area contributed by atoms with Crippen LogP contribution < -0.4 is 9.47 Å². The molecule has 0 N–H and O–H groups in total. The monoisotopic (exact) mass is 425 g/mol. The van der Waals surface area contributed by atoms with E-state index in [1.54, 1.807) is 13.3 Å². The predicted molar refractivity (Wildman–Crippen MR) is 127 cm³/mol. The van der Waals surface area contributed by atoms with Crippen molar-refractivity contribution in [3.63, 3.8) is 0 Å². The number of nitrogens with zero attached hydrogens (tertiary/aromatic N) is 1. The van der Waals surface area contributed by atoms with Gasteiger partial charge in [-0.1, -0.05) is 41.6 Å². The van der Waals surface area contributed by atoms with Crippen molar-refractivity contribution in [2.45, 2.75) is 40.0 Å². The van der Waals surface area contributed by atoms with Crippen molar-refractivity contribution in [3.05, 3.63) is 70.8 Å². The summed E-state index contributed by atoms with van der Waals surface area (Å²) in [5.41, 5.74) is 4.51. The van der Waals surface area contributed by atoms with E-state index in [9.17, 15) is 0 Å². The molecule has 0 aliphatic rings. The molecule has 5 heteroatoms. The molecule has 0 fully saturated rings. The summed E-state index contributed by atoms with van der Waals surface area (Å²) in [5.74, 6) is 1.82. The molecule has 0 spiro atoms. The number of hydrogen-bond acceptors (Lipinski definition) is 5. The summed E-state index contributed by atoms with van der Waals surface area (Å²) in [6.45, 7) is 8.78. The molecule has 0 bridgehead atoms. The van der Waals surface area contributed by atoms with Gasteiger partial charge in [-0.2, -0.15) is 0 Å². The third kappa shape index (κ3) is 9.26. The molecule has 5 nitrogen and oxygen atoms in total.